The first kappa shape index (κ1) is 20.2. The Morgan fingerprint density at radius 2 is 1.78 bits per heavy atom. The molecule has 0 aliphatic carbocycles. The number of hydrogen-bond acceptors (Lipinski definition) is 3. The number of nitrogens with zero attached hydrogens (tertiary/aromatic N) is 1. The van der Waals surface area contributed by atoms with Crippen molar-refractivity contribution in [3.63, 3.8) is 0 Å². The summed E-state index contributed by atoms with van der Waals surface area (Å²) in [7, 11) is 3.32. The summed E-state index contributed by atoms with van der Waals surface area (Å²) in [5.74, 6) is 0.949. The van der Waals surface area contributed by atoms with E-state index in [2.05, 4.69) is 20.9 Å². The average Bonchev–Trinajstić information content (AvgIpc) is 2.67. The molecule has 0 fully saturated rings. The van der Waals surface area contributed by atoms with Crippen molar-refractivity contribution >= 4 is 11.9 Å². The zero-order valence-electron chi connectivity index (χ0n) is 15.6. The lowest BCUT2D eigenvalue weighted by atomic mass is 10.1. The predicted octanol–water partition coefficient (Wildman–Crippen LogP) is 1.86. The van der Waals surface area contributed by atoms with Gasteiger partial charge in [0.15, 0.2) is 5.96 Å². The Labute approximate surface area is 158 Å². The summed E-state index contributed by atoms with van der Waals surface area (Å²) in [4.78, 5) is 16.0. The second-order valence-corrected chi connectivity index (χ2v) is 5.86. The van der Waals surface area contributed by atoms with Crippen molar-refractivity contribution in [3.8, 4) is 5.75 Å². The van der Waals surface area contributed by atoms with E-state index in [1.807, 2.05) is 24.3 Å². The van der Waals surface area contributed by atoms with Crippen LogP contribution in [0.25, 0.3) is 0 Å². The highest BCUT2D eigenvalue weighted by Gasteiger charge is 2.04. The van der Waals surface area contributed by atoms with Crippen LogP contribution in [0.5, 0.6) is 5.75 Å². The molecule has 0 heterocycles. The zero-order chi connectivity index (χ0) is 19.5. The summed E-state index contributed by atoms with van der Waals surface area (Å²) in [6.07, 6.45) is 0.153. The van der Waals surface area contributed by atoms with E-state index in [1.54, 1.807) is 26.3 Å². The molecule has 2 aromatic rings. The number of hydrogen-bond donors (Lipinski definition) is 3. The van der Waals surface area contributed by atoms with Crippen LogP contribution in [0, 0.1) is 5.82 Å². The molecular weight excluding hydrogens is 347 g/mol. The van der Waals surface area contributed by atoms with Gasteiger partial charge in [0.1, 0.15) is 11.6 Å². The Hall–Kier alpha value is -3.09. The standard InChI is InChI=1S/C20H25FN4O2/c1-22-20(25-14-16-6-4-8-18(12-16)27-2)24-10-9-23-19(26)13-15-5-3-7-17(21)11-15/h3-8,11-12H,9-10,13-14H2,1-2H3,(H,23,26)(H2,22,24,25). The molecule has 1 amide bonds. The lowest BCUT2D eigenvalue weighted by Crippen LogP contribution is -2.41. The fraction of sp³-hybridized carbons (Fsp3) is 0.300. The Kier molecular flexibility index (Phi) is 8.09. The maximum absolute atomic E-state index is 13.1. The largest absolute Gasteiger partial charge is 0.497 e. The van der Waals surface area contributed by atoms with Gasteiger partial charge >= 0.3 is 0 Å². The average molecular weight is 372 g/mol. The minimum atomic E-state index is -0.340. The van der Waals surface area contributed by atoms with Gasteiger partial charge in [-0.2, -0.15) is 0 Å². The van der Waals surface area contributed by atoms with Crippen LogP contribution >= 0.6 is 0 Å². The van der Waals surface area contributed by atoms with Gasteiger partial charge in [0.05, 0.1) is 13.5 Å². The van der Waals surface area contributed by atoms with E-state index in [0.717, 1.165) is 11.3 Å². The van der Waals surface area contributed by atoms with Gasteiger partial charge in [0, 0.05) is 26.7 Å². The molecule has 0 saturated carbocycles. The van der Waals surface area contributed by atoms with Crippen molar-refractivity contribution in [2.24, 2.45) is 4.99 Å². The summed E-state index contributed by atoms with van der Waals surface area (Å²) < 4.78 is 18.3. The lowest BCUT2D eigenvalue weighted by Gasteiger charge is -2.13. The van der Waals surface area contributed by atoms with Crippen molar-refractivity contribution in [1.29, 1.82) is 0 Å². The molecule has 6 nitrogen and oxygen atoms in total. The van der Waals surface area contributed by atoms with Crippen LogP contribution in [0.2, 0.25) is 0 Å². The van der Waals surface area contributed by atoms with Crippen molar-refractivity contribution in [3.05, 3.63) is 65.5 Å². The third-order valence-electron chi connectivity index (χ3n) is 3.81. The van der Waals surface area contributed by atoms with Gasteiger partial charge in [-0.3, -0.25) is 9.79 Å². The molecule has 0 aliphatic rings. The molecule has 0 saturated heterocycles. The monoisotopic (exact) mass is 372 g/mol. The van der Waals surface area contributed by atoms with E-state index in [1.165, 1.54) is 12.1 Å². The molecule has 0 bridgehead atoms. The van der Waals surface area contributed by atoms with Gasteiger partial charge in [0.25, 0.3) is 0 Å². The normalized spacial score (nSPS) is 11.0. The van der Waals surface area contributed by atoms with Gasteiger partial charge < -0.3 is 20.7 Å². The van der Waals surface area contributed by atoms with E-state index in [-0.39, 0.29) is 18.1 Å². The molecular formula is C20H25FN4O2. The maximum Gasteiger partial charge on any atom is 0.224 e. The number of benzene rings is 2. The number of aliphatic imine (C=N–C) groups is 1. The predicted molar refractivity (Wildman–Crippen MR) is 104 cm³/mol. The molecule has 0 atom stereocenters. The molecule has 0 spiro atoms. The first-order chi connectivity index (χ1) is 13.1. The second kappa shape index (κ2) is 10.8. The summed E-state index contributed by atoms with van der Waals surface area (Å²) in [5.41, 5.74) is 1.72. The van der Waals surface area contributed by atoms with Gasteiger partial charge in [-0.05, 0) is 35.4 Å². The first-order valence-electron chi connectivity index (χ1n) is 8.69. The van der Waals surface area contributed by atoms with Crippen molar-refractivity contribution < 1.29 is 13.9 Å². The Balaban J connectivity index is 1.67. The molecule has 2 aromatic carbocycles. The Morgan fingerprint density at radius 1 is 1.04 bits per heavy atom. The van der Waals surface area contributed by atoms with Crippen LogP contribution in [0.4, 0.5) is 4.39 Å². The number of nitrogens with one attached hydrogen (secondary N) is 3. The summed E-state index contributed by atoms with van der Waals surface area (Å²) >= 11 is 0. The zero-order valence-corrected chi connectivity index (χ0v) is 15.6. The van der Waals surface area contributed by atoms with E-state index in [4.69, 9.17) is 4.74 Å². The molecule has 2 rings (SSSR count). The number of methoxy groups -OCH3 is 1. The number of guanidine groups is 1. The van der Waals surface area contributed by atoms with Crippen molar-refractivity contribution in [2.45, 2.75) is 13.0 Å². The first-order valence-corrected chi connectivity index (χ1v) is 8.69. The minimum absolute atomic E-state index is 0.151. The topological polar surface area (TPSA) is 74.8 Å². The second-order valence-electron chi connectivity index (χ2n) is 5.86. The molecule has 7 heteroatoms. The smallest absolute Gasteiger partial charge is 0.224 e. The SMILES string of the molecule is CN=C(NCCNC(=O)Cc1cccc(F)c1)NCc1cccc(OC)c1. The lowest BCUT2D eigenvalue weighted by molar-refractivity contribution is -0.120. The highest BCUT2D eigenvalue weighted by atomic mass is 19.1. The minimum Gasteiger partial charge on any atom is -0.497 e. The van der Waals surface area contributed by atoms with Crippen LogP contribution in [0.1, 0.15) is 11.1 Å². The molecule has 0 radical (unpaired) electrons. The van der Waals surface area contributed by atoms with Gasteiger partial charge in [-0.15, -0.1) is 0 Å². The number of carbonyl (C=O) groups excluding carboxylic acids is 1. The molecule has 0 aromatic heterocycles. The van der Waals surface area contributed by atoms with Crippen LogP contribution in [0.15, 0.2) is 53.5 Å². The van der Waals surface area contributed by atoms with Gasteiger partial charge in [0.2, 0.25) is 5.91 Å². The number of ether oxygens (including phenoxy) is 1. The van der Waals surface area contributed by atoms with Crippen LogP contribution in [0.3, 0.4) is 0 Å². The summed E-state index contributed by atoms with van der Waals surface area (Å²) in [5, 5.41) is 9.13. The third-order valence-corrected chi connectivity index (χ3v) is 3.81. The molecule has 0 unspecified atom stereocenters. The number of amides is 1. The van der Waals surface area contributed by atoms with E-state index in [0.29, 0.717) is 31.2 Å². The number of halogens is 1. The van der Waals surface area contributed by atoms with Gasteiger partial charge in [-0.1, -0.05) is 24.3 Å². The maximum atomic E-state index is 13.1. The molecule has 144 valence electrons. The van der Waals surface area contributed by atoms with E-state index < -0.39 is 0 Å². The Bertz CT molecular complexity index is 780. The Morgan fingerprint density at radius 3 is 2.52 bits per heavy atom. The van der Waals surface area contributed by atoms with E-state index >= 15 is 0 Å². The molecule has 0 aliphatic heterocycles. The van der Waals surface area contributed by atoms with Crippen LogP contribution < -0.4 is 20.7 Å². The number of rotatable bonds is 8. The van der Waals surface area contributed by atoms with Crippen molar-refractivity contribution in [1.82, 2.24) is 16.0 Å². The molecule has 3 N–H and O–H groups in total. The summed E-state index contributed by atoms with van der Waals surface area (Å²) in [6, 6.07) is 13.8. The highest BCUT2D eigenvalue weighted by molar-refractivity contribution is 5.80. The molecule has 27 heavy (non-hydrogen) atoms. The quantitative estimate of drug-likeness (QED) is 0.376. The fourth-order valence-electron chi connectivity index (χ4n) is 2.47. The van der Waals surface area contributed by atoms with E-state index in [9.17, 15) is 9.18 Å². The summed E-state index contributed by atoms with van der Waals surface area (Å²) in [6.45, 7) is 1.56. The fourth-order valence-corrected chi connectivity index (χ4v) is 2.47. The highest BCUT2D eigenvalue weighted by Crippen LogP contribution is 2.12. The van der Waals surface area contributed by atoms with Gasteiger partial charge in [-0.25, -0.2) is 4.39 Å². The van der Waals surface area contributed by atoms with Crippen LogP contribution in [-0.2, 0) is 17.8 Å². The van der Waals surface area contributed by atoms with Crippen molar-refractivity contribution in [2.75, 3.05) is 27.2 Å². The third kappa shape index (κ3) is 7.35. The number of carbonyl (C=O) groups is 1. The van der Waals surface area contributed by atoms with Crippen LogP contribution in [-0.4, -0.2) is 39.1 Å².